The molecule has 1 N–H and O–H groups in total. The Kier molecular flexibility index (Phi) is 5.11. The molecule has 2 amide bonds. The molecule has 1 saturated heterocycles. The Balaban J connectivity index is 2.35. The van der Waals surface area contributed by atoms with Crippen molar-refractivity contribution in [1.29, 1.82) is 0 Å². The maximum atomic E-state index is 14.2. The Morgan fingerprint density at radius 1 is 1.20 bits per heavy atom. The van der Waals surface area contributed by atoms with Crippen molar-refractivity contribution < 1.29 is 36.3 Å². The number of likely N-dealkylation sites (tertiary alicyclic amines) is 1. The summed E-state index contributed by atoms with van der Waals surface area (Å²) >= 11 is 0. The highest BCUT2D eigenvalue weighted by atomic mass is 19.4. The molecule has 0 aliphatic carbocycles. The fraction of sp³-hybridized carbons (Fsp3) is 0.500. The number of hydrogen-bond donors (Lipinski definition) is 1. The van der Waals surface area contributed by atoms with Gasteiger partial charge in [0.2, 0.25) is 11.8 Å². The van der Waals surface area contributed by atoms with Crippen LogP contribution in [-0.2, 0) is 15.5 Å². The molecular weight excluding hydrogens is 411 g/mol. The number of ether oxygens (including phenoxy) is 1. The molecule has 1 fully saturated rings. The summed E-state index contributed by atoms with van der Waals surface area (Å²) in [6, 6.07) is 1.73. The van der Waals surface area contributed by atoms with Crippen LogP contribution in [0.25, 0.3) is 5.70 Å². The van der Waals surface area contributed by atoms with Crippen molar-refractivity contribution in [3.05, 3.63) is 34.5 Å². The number of hydrogen-bond acceptors (Lipinski definition) is 3. The maximum Gasteiger partial charge on any atom is 0.458 e. The number of nitrogens with one attached hydrogen (secondary N) is 1. The third kappa shape index (κ3) is 3.41. The summed E-state index contributed by atoms with van der Waals surface area (Å²) in [5.41, 5.74) is -2.61. The molecule has 164 valence electrons. The van der Waals surface area contributed by atoms with Crippen molar-refractivity contribution in [3.63, 3.8) is 0 Å². The molecule has 0 spiro atoms. The standard InChI is InChI=1S/C20H21F5N2O3/c1-10-12(19(21,22)20(23,24)25)7-8-13-15(10)16(27-9-5-6-14(27)29)17(26-11(2)28)18(3,4)30-13/h7-8H,5-6,9H2,1-4H3,(H,26,28). The number of benzene rings is 1. The van der Waals surface area contributed by atoms with Gasteiger partial charge in [0.1, 0.15) is 11.4 Å². The fourth-order valence-corrected chi connectivity index (χ4v) is 3.84. The van der Waals surface area contributed by atoms with E-state index in [0.717, 1.165) is 13.0 Å². The van der Waals surface area contributed by atoms with E-state index in [1.807, 2.05) is 0 Å². The Bertz CT molecular complexity index is 950. The number of halogens is 5. The molecule has 1 aromatic carbocycles. The minimum atomic E-state index is -5.80. The van der Waals surface area contributed by atoms with Gasteiger partial charge in [0.05, 0.1) is 11.4 Å². The van der Waals surface area contributed by atoms with Gasteiger partial charge in [0.25, 0.3) is 0 Å². The van der Waals surface area contributed by atoms with Crippen molar-refractivity contribution in [2.75, 3.05) is 6.54 Å². The number of amides is 2. The lowest BCUT2D eigenvalue weighted by Crippen LogP contribution is -2.46. The highest BCUT2D eigenvalue weighted by molar-refractivity contribution is 5.93. The van der Waals surface area contributed by atoms with Crippen molar-refractivity contribution in [2.24, 2.45) is 0 Å². The zero-order valence-electron chi connectivity index (χ0n) is 16.8. The second-order valence-electron chi connectivity index (χ2n) is 7.85. The molecule has 0 bridgehead atoms. The summed E-state index contributed by atoms with van der Waals surface area (Å²) in [6.07, 6.45) is -5.11. The smallest absolute Gasteiger partial charge is 0.458 e. The predicted molar refractivity (Wildman–Crippen MR) is 97.5 cm³/mol. The number of alkyl halides is 5. The van der Waals surface area contributed by atoms with Gasteiger partial charge in [-0.1, -0.05) is 0 Å². The summed E-state index contributed by atoms with van der Waals surface area (Å²) in [5, 5.41) is 2.59. The summed E-state index contributed by atoms with van der Waals surface area (Å²) in [4.78, 5) is 25.6. The molecule has 0 radical (unpaired) electrons. The van der Waals surface area contributed by atoms with Crippen molar-refractivity contribution in [3.8, 4) is 5.75 Å². The van der Waals surface area contributed by atoms with Crippen LogP contribution in [0.5, 0.6) is 5.75 Å². The highest BCUT2D eigenvalue weighted by Crippen LogP contribution is 2.50. The van der Waals surface area contributed by atoms with E-state index in [0.29, 0.717) is 12.5 Å². The number of nitrogens with zero attached hydrogens (tertiary/aromatic N) is 1. The van der Waals surface area contributed by atoms with Crippen LogP contribution < -0.4 is 10.1 Å². The summed E-state index contributed by atoms with van der Waals surface area (Å²) < 4.78 is 73.4. The topological polar surface area (TPSA) is 58.6 Å². The number of rotatable bonds is 3. The Morgan fingerprint density at radius 3 is 2.33 bits per heavy atom. The summed E-state index contributed by atoms with van der Waals surface area (Å²) in [7, 11) is 0. The van der Waals surface area contributed by atoms with Crippen molar-refractivity contribution in [2.45, 2.75) is 58.2 Å². The monoisotopic (exact) mass is 432 g/mol. The van der Waals surface area contributed by atoms with E-state index in [1.165, 1.54) is 11.8 Å². The first-order valence-electron chi connectivity index (χ1n) is 9.29. The molecule has 2 aliphatic rings. The largest absolute Gasteiger partial charge is 0.481 e. The van der Waals surface area contributed by atoms with Gasteiger partial charge in [-0.25, -0.2) is 0 Å². The molecule has 0 unspecified atom stereocenters. The lowest BCUT2D eigenvalue weighted by molar-refractivity contribution is -0.289. The van der Waals surface area contributed by atoms with Crippen LogP contribution in [0, 0.1) is 6.92 Å². The van der Waals surface area contributed by atoms with Crippen LogP contribution in [0.1, 0.15) is 50.3 Å². The average molecular weight is 432 g/mol. The van der Waals surface area contributed by atoms with Gasteiger partial charge in [-0.05, 0) is 44.9 Å². The lowest BCUT2D eigenvalue weighted by atomic mass is 9.88. The normalized spacial score (nSPS) is 19.0. The van der Waals surface area contributed by atoms with Gasteiger partial charge in [0.15, 0.2) is 0 Å². The molecule has 30 heavy (non-hydrogen) atoms. The molecule has 10 heteroatoms. The quantitative estimate of drug-likeness (QED) is 0.727. The van der Waals surface area contributed by atoms with Gasteiger partial charge in [-0.2, -0.15) is 22.0 Å². The molecule has 0 aromatic heterocycles. The SMILES string of the molecule is CC(=O)NC1=C(N2CCCC2=O)c2c(ccc(C(F)(F)C(F)(F)F)c2C)OC1(C)C. The molecule has 2 aliphatic heterocycles. The van der Waals surface area contributed by atoms with Crippen LogP contribution in [0.4, 0.5) is 22.0 Å². The summed E-state index contributed by atoms with van der Waals surface area (Å²) in [6.45, 7) is 5.81. The summed E-state index contributed by atoms with van der Waals surface area (Å²) in [5.74, 6) is -5.86. The van der Waals surface area contributed by atoms with Crippen molar-refractivity contribution >= 4 is 17.5 Å². The average Bonchev–Trinajstić information content (AvgIpc) is 3.00. The molecule has 0 atom stereocenters. The van der Waals surface area contributed by atoms with E-state index in [2.05, 4.69) is 5.32 Å². The second kappa shape index (κ2) is 6.95. The van der Waals surface area contributed by atoms with Crippen LogP contribution in [0.15, 0.2) is 17.8 Å². The van der Waals surface area contributed by atoms with Crippen LogP contribution >= 0.6 is 0 Å². The Hall–Kier alpha value is -2.65. The van der Waals surface area contributed by atoms with E-state index in [9.17, 15) is 31.5 Å². The Morgan fingerprint density at radius 2 is 1.83 bits per heavy atom. The molecule has 0 saturated carbocycles. The molecule has 5 nitrogen and oxygen atoms in total. The van der Waals surface area contributed by atoms with Crippen LogP contribution in [0.3, 0.4) is 0 Å². The van der Waals surface area contributed by atoms with Crippen LogP contribution in [0.2, 0.25) is 0 Å². The van der Waals surface area contributed by atoms with E-state index in [1.54, 1.807) is 13.8 Å². The minimum absolute atomic E-state index is 0.0584. The van der Waals surface area contributed by atoms with E-state index >= 15 is 0 Å². The number of carbonyl (C=O) groups is 2. The molecular formula is C20H21F5N2O3. The first-order chi connectivity index (χ1) is 13.7. The van der Waals surface area contributed by atoms with Gasteiger partial charge in [0, 0.05) is 31.0 Å². The van der Waals surface area contributed by atoms with Gasteiger partial charge in [-0.15, -0.1) is 0 Å². The fourth-order valence-electron chi connectivity index (χ4n) is 3.84. The maximum absolute atomic E-state index is 14.2. The minimum Gasteiger partial charge on any atom is -0.481 e. The first-order valence-corrected chi connectivity index (χ1v) is 9.29. The predicted octanol–water partition coefficient (Wildman–Crippen LogP) is 4.25. The highest BCUT2D eigenvalue weighted by Gasteiger charge is 2.59. The van der Waals surface area contributed by atoms with Gasteiger partial charge < -0.3 is 15.0 Å². The van der Waals surface area contributed by atoms with Gasteiger partial charge >= 0.3 is 12.1 Å². The molecule has 1 aromatic rings. The third-order valence-corrected chi connectivity index (χ3v) is 5.21. The third-order valence-electron chi connectivity index (χ3n) is 5.21. The number of fused-ring (bicyclic) bond motifs is 1. The van der Waals surface area contributed by atoms with E-state index < -0.39 is 29.2 Å². The van der Waals surface area contributed by atoms with E-state index in [-0.39, 0.29) is 47.1 Å². The van der Waals surface area contributed by atoms with E-state index in [4.69, 9.17) is 4.74 Å². The van der Waals surface area contributed by atoms with Crippen LogP contribution in [-0.4, -0.2) is 35.0 Å². The van der Waals surface area contributed by atoms with Crippen molar-refractivity contribution in [1.82, 2.24) is 10.2 Å². The molecule has 2 heterocycles. The number of carbonyl (C=O) groups excluding carboxylic acids is 2. The Labute approximate surface area is 169 Å². The zero-order valence-corrected chi connectivity index (χ0v) is 16.8. The lowest BCUT2D eigenvalue weighted by Gasteiger charge is -2.40. The molecule has 3 rings (SSSR count). The first kappa shape index (κ1) is 22.0. The second-order valence-corrected chi connectivity index (χ2v) is 7.85. The zero-order chi connectivity index (χ0) is 22.6. The van der Waals surface area contributed by atoms with Gasteiger partial charge in [-0.3, -0.25) is 9.59 Å².